The first kappa shape index (κ1) is 15.5. The van der Waals surface area contributed by atoms with Crippen molar-refractivity contribution in [3.05, 3.63) is 72.3 Å². The van der Waals surface area contributed by atoms with Crippen LogP contribution in [0, 0.1) is 5.92 Å². The summed E-state index contributed by atoms with van der Waals surface area (Å²) in [7, 11) is 0. The minimum absolute atomic E-state index is 0.0417. The molecule has 0 amide bonds. The van der Waals surface area contributed by atoms with E-state index in [-0.39, 0.29) is 11.9 Å². The third kappa shape index (κ3) is 3.44. The Morgan fingerprint density at radius 1 is 1.12 bits per heavy atom. The number of aliphatic hydroxyl groups excluding tert-OH is 1. The molecule has 1 N–H and O–H groups in total. The maximum atomic E-state index is 10.8. The summed E-state index contributed by atoms with van der Waals surface area (Å²) in [5.41, 5.74) is 1.79. The molecule has 0 unspecified atom stereocenters. The molecule has 2 aromatic heterocycles. The van der Waals surface area contributed by atoms with Gasteiger partial charge in [0.15, 0.2) is 0 Å². The van der Waals surface area contributed by atoms with Crippen LogP contribution in [-0.4, -0.2) is 26.7 Å². The largest absolute Gasteiger partial charge is 0.493 e. The van der Waals surface area contributed by atoms with Crippen LogP contribution in [0.5, 0.6) is 17.5 Å². The first-order valence-corrected chi connectivity index (χ1v) is 8.08. The third-order valence-corrected chi connectivity index (χ3v) is 4.17. The van der Waals surface area contributed by atoms with Crippen molar-refractivity contribution in [2.75, 3.05) is 6.61 Å². The zero-order valence-corrected chi connectivity index (χ0v) is 13.4. The molecule has 0 saturated carbocycles. The molecule has 3 aromatic rings. The number of pyridine rings is 1. The predicted molar refractivity (Wildman–Crippen MR) is 90.4 cm³/mol. The number of fused-ring (bicyclic) bond motifs is 1. The number of hydrogen-bond acceptors (Lipinski definition) is 6. The standard InChI is InChI=1S/C19H17N3O3/c23-18-14(9-13-3-1-6-20-11-13)12-24-17-5-4-15(10-16(17)18)25-19-21-7-2-8-22-19/h1-8,10-11,14,18,23H,9,12H2/t14-,18-/m1/s1. The lowest BCUT2D eigenvalue weighted by molar-refractivity contribution is 0.0505. The van der Waals surface area contributed by atoms with Crippen LogP contribution in [0.4, 0.5) is 0 Å². The maximum absolute atomic E-state index is 10.8. The van der Waals surface area contributed by atoms with Gasteiger partial charge in [0.25, 0.3) is 0 Å². The summed E-state index contributed by atoms with van der Waals surface area (Å²) >= 11 is 0. The van der Waals surface area contributed by atoms with Crippen LogP contribution in [0.2, 0.25) is 0 Å². The first-order valence-electron chi connectivity index (χ1n) is 8.08. The fourth-order valence-electron chi connectivity index (χ4n) is 2.93. The number of hydrogen-bond donors (Lipinski definition) is 1. The molecule has 1 aliphatic rings. The van der Waals surface area contributed by atoms with Crippen molar-refractivity contribution < 1.29 is 14.6 Å². The van der Waals surface area contributed by atoms with Crippen LogP contribution in [0.25, 0.3) is 0 Å². The second-order valence-electron chi connectivity index (χ2n) is 5.91. The normalized spacial score (nSPS) is 18.9. The molecule has 6 nitrogen and oxygen atoms in total. The van der Waals surface area contributed by atoms with E-state index in [1.165, 1.54) is 0 Å². The number of ether oxygens (including phenoxy) is 2. The average molecular weight is 335 g/mol. The molecule has 1 aromatic carbocycles. The lowest BCUT2D eigenvalue weighted by atomic mass is 9.88. The van der Waals surface area contributed by atoms with Crippen molar-refractivity contribution in [3.63, 3.8) is 0 Å². The van der Waals surface area contributed by atoms with Gasteiger partial charge in [-0.2, -0.15) is 0 Å². The van der Waals surface area contributed by atoms with E-state index in [0.717, 1.165) is 5.56 Å². The molecular weight excluding hydrogens is 318 g/mol. The Bertz CT molecular complexity index is 843. The van der Waals surface area contributed by atoms with E-state index in [0.29, 0.717) is 30.1 Å². The highest BCUT2D eigenvalue weighted by molar-refractivity contribution is 5.44. The van der Waals surface area contributed by atoms with Crippen LogP contribution < -0.4 is 9.47 Å². The molecule has 0 radical (unpaired) electrons. The fraction of sp³-hybridized carbons (Fsp3) is 0.211. The Kier molecular flexibility index (Phi) is 4.26. The van der Waals surface area contributed by atoms with E-state index in [1.807, 2.05) is 18.3 Å². The van der Waals surface area contributed by atoms with Gasteiger partial charge in [-0.15, -0.1) is 0 Å². The maximum Gasteiger partial charge on any atom is 0.321 e. The Balaban J connectivity index is 1.55. The number of nitrogens with zero attached hydrogens (tertiary/aromatic N) is 3. The summed E-state index contributed by atoms with van der Waals surface area (Å²) in [5, 5.41) is 10.8. The minimum atomic E-state index is -0.635. The highest BCUT2D eigenvalue weighted by atomic mass is 16.5. The fourth-order valence-corrected chi connectivity index (χ4v) is 2.93. The summed E-state index contributed by atoms with van der Waals surface area (Å²) < 4.78 is 11.5. The summed E-state index contributed by atoms with van der Waals surface area (Å²) in [4.78, 5) is 12.2. The minimum Gasteiger partial charge on any atom is -0.493 e. The third-order valence-electron chi connectivity index (χ3n) is 4.17. The van der Waals surface area contributed by atoms with Crippen molar-refractivity contribution in [3.8, 4) is 17.5 Å². The quantitative estimate of drug-likeness (QED) is 0.790. The smallest absolute Gasteiger partial charge is 0.321 e. The van der Waals surface area contributed by atoms with Gasteiger partial charge < -0.3 is 14.6 Å². The van der Waals surface area contributed by atoms with Gasteiger partial charge in [0.2, 0.25) is 0 Å². The molecule has 3 heterocycles. The zero-order valence-electron chi connectivity index (χ0n) is 13.4. The number of aromatic nitrogens is 3. The molecule has 4 rings (SSSR count). The summed E-state index contributed by atoms with van der Waals surface area (Å²) in [6.45, 7) is 0.463. The van der Waals surface area contributed by atoms with Gasteiger partial charge in [-0.05, 0) is 42.3 Å². The highest BCUT2D eigenvalue weighted by Gasteiger charge is 2.30. The second kappa shape index (κ2) is 6.86. The molecular formula is C19H17N3O3. The van der Waals surface area contributed by atoms with E-state index >= 15 is 0 Å². The Morgan fingerprint density at radius 2 is 2.00 bits per heavy atom. The van der Waals surface area contributed by atoms with E-state index in [2.05, 4.69) is 15.0 Å². The Morgan fingerprint density at radius 3 is 2.80 bits per heavy atom. The predicted octanol–water partition coefficient (Wildman–Crippen LogP) is 2.95. The highest BCUT2D eigenvalue weighted by Crippen LogP contribution is 2.39. The van der Waals surface area contributed by atoms with Gasteiger partial charge in [0.05, 0.1) is 12.7 Å². The van der Waals surface area contributed by atoms with Crippen molar-refractivity contribution in [2.24, 2.45) is 5.92 Å². The van der Waals surface area contributed by atoms with Crippen LogP contribution >= 0.6 is 0 Å². The van der Waals surface area contributed by atoms with E-state index < -0.39 is 6.10 Å². The van der Waals surface area contributed by atoms with Crippen molar-refractivity contribution >= 4 is 0 Å². The number of aliphatic hydroxyl groups is 1. The van der Waals surface area contributed by atoms with Crippen molar-refractivity contribution in [1.29, 1.82) is 0 Å². The molecule has 0 aliphatic carbocycles. The Hall–Kier alpha value is -2.99. The van der Waals surface area contributed by atoms with E-state index in [1.54, 1.807) is 42.9 Å². The number of rotatable bonds is 4. The molecule has 0 spiro atoms. The molecule has 6 heteroatoms. The van der Waals surface area contributed by atoms with Gasteiger partial charge in [0, 0.05) is 36.3 Å². The molecule has 1 aliphatic heterocycles. The molecule has 0 fully saturated rings. The topological polar surface area (TPSA) is 77.4 Å². The molecule has 2 atom stereocenters. The SMILES string of the molecule is O[C@H]1c2cc(Oc3ncccn3)ccc2OC[C@H]1Cc1cccnc1. The average Bonchev–Trinajstić information content (AvgIpc) is 2.66. The van der Waals surface area contributed by atoms with Crippen LogP contribution in [0.1, 0.15) is 17.2 Å². The van der Waals surface area contributed by atoms with Crippen LogP contribution in [-0.2, 0) is 6.42 Å². The van der Waals surface area contributed by atoms with E-state index in [9.17, 15) is 5.11 Å². The van der Waals surface area contributed by atoms with Crippen LogP contribution in [0.15, 0.2) is 61.2 Å². The van der Waals surface area contributed by atoms with Gasteiger partial charge in [-0.25, -0.2) is 9.97 Å². The van der Waals surface area contributed by atoms with Crippen molar-refractivity contribution in [2.45, 2.75) is 12.5 Å². The molecule has 0 saturated heterocycles. The monoisotopic (exact) mass is 335 g/mol. The van der Waals surface area contributed by atoms with Crippen LogP contribution in [0.3, 0.4) is 0 Å². The molecule has 0 bridgehead atoms. The second-order valence-corrected chi connectivity index (χ2v) is 5.91. The number of benzene rings is 1. The molecule has 126 valence electrons. The van der Waals surface area contributed by atoms with Gasteiger partial charge in [0.1, 0.15) is 11.5 Å². The van der Waals surface area contributed by atoms with Gasteiger partial charge >= 0.3 is 6.01 Å². The van der Waals surface area contributed by atoms with Crippen molar-refractivity contribution in [1.82, 2.24) is 15.0 Å². The van der Waals surface area contributed by atoms with Gasteiger partial charge in [-0.1, -0.05) is 6.07 Å². The zero-order chi connectivity index (χ0) is 17.1. The lowest BCUT2D eigenvalue weighted by Gasteiger charge is -2.30. The summed E-state index contributed by atoms with van der Waals surface area (Å²) in [6, 6.07) is 11.2. The summed E-state index contributed by atoms with van der Waals surface area (Å²) in [6.07, 6.45) is 6.84. The first-order chi connectivity index (χ1) is 12.3. The van der Waals surface area contributed by atoms with E-state index in [4.69, 9.17) is 9.47 Å². The lowest BCUT2D eigenvalue weighted by Crippen LogP contribution is -2.27. The Labute approximate surface area is 145 Å². The van der Waals surface area contributed by atoms with Gasteiger partial charge in [-0.3, -0.25) is 4.98 Å². The molecule has 25 heavy (non-hydrogen) atoms. The summed E-state index contributed by atoms with van der Waals surface area (Å²) in [5.74, 6) is 1.20.